The molecule has 0 saturated heterocycles. The lowest BCUT2D eigenvalue weighted by molar-refractivity contribution is -0.142. The molecule has 0 aliphatic heterocycles. The van der Waals surface area contributed by atoms with Gasteiger partial charge in [0.1, 0.15) is 18.1 Å². The third-order valence-electron chi connectivity index (χ3n) is 4.53. The van der Waals surface area contributed by atoms with E-state index in [4.69, 9.17) is 22.9 Å². The Labute approximate surface area is 192 Å². The topological polar surface area (TPSA) is 258 Å². The lowest BCUT2D eigenvalue weighted by Crippen LogP contribution is -2.58. The fourth-order valence-corrected chi connectivity index (χ4v) is 2.67. The number of aliphatic carboxylic acids is 1. The lowest BCUT2D eigenvalue weighted by atomic mass is 10.0. The summed E-state index contributed by atoms with van der Waals surface area (Å²) in [5.74, 6) is -4.57. The van der Waals surface area contributed by atoms with Crippen molar-refractivity contribution in [2.75, 3.05) is 6.54 Å². The van der Waals surface area contributed by atoms with E-state index in [2.05, 4.69) is 20.9 Å². The molecule has 0 saturated carbocycles. The Hall–Kier alpha value is -3.42. The molecule has 0 bridgehead atoms. The molecule has 33 heavy (non-hydrogen) atoms. The SMILES string of the molecule is CC(N)C(=O)NC(C(=O)NC(CCC(N)=O)C(=O)NC(CCCN=C(N)N)C(=O)O)C(C)C. The van der Waals surface area contributed by atoms with Gasteiger partial charge in [-0.1, -0.05) is 13.8 Å². The van der Waals surface area contributed by atoms with Crippen molar-refractivity contribution < 1.29 is 29.1 Å². The number of nitrogens with zero attached hydrogens (tertiary/aromatic N) is 1. The Morgan fingerprint density at radius 1 is 0.848 bits per heavy atom. The Morgan fingerprint density at radius 3 is 1.88 bits per heavy atom. The van der Waals surface area contributed by atoms with Gasteiger partial charge in [-0.2, -0.15) is 0 Å². The van der Waals surface area contributed by atoms with Crippen LogP contribution < -0.4 is 38.9 Å². The maximum Gasteiger partial charge on any atom is 0.326 e. The molecule has 0 heterocycles. The van der Waals surface area contributed by atoms with Gasteiger partial charge in [0.15, 0.2) is 5.96 Å². The van der Waals surface area contributed by atoms with Gasteiger partial charge in [-0.15, -0.1) is 0 Å². The van der Waals surface area contributed by atoms with Gasteiger partial charge < -0.3 is 44.0 Å². The number of hydrogen-bond acceptors (Lipinski definition) is 7. The van der Waals surface area contributed by atoms with E-state index in [1.54, 1.807) is 13.8 Å². The molecule has 0 radical (unpaired) electrons. The van der Waals surface area contributed by atoms with Crippen molar-refractivity contribution >= 4 is 35.6 Å². The Kier molecular flexibility index (Phi) is 13.1. The average Bonchev–Trinajstić information content (AvgIpc) is 2.69. The highest BCUT2D eigenvalue weighted by molar-refractivity contribution is 5.94. The summed E-state index contributed by atoms with van der Waals surface area (Å²) in [5, 5.41) is 16.7. The summed E-state index contributed by atoms with van der Waals surface area (Å²) in [5.41, 5.74) is 21.1. The molecule has 0 aliphatic rings. The van der Waals surface area contributed by atoms with E-state index in [1.807, 2.05) is 0 Å². The summed E-state index contributed by atoms with van der Waals surface area (Å²) in [6.45, 7) is 4.98. The van der Waals surface area contributed by atoms with Crippen LogP contribution in [0.15, 0.2) is 4.99 Å². The van der Waals surface area contributed by atoms with Crippen LogP contribution in [0.5, 0.6) is 0 Å². The van der Waals surface area contributed by atoms with E-state index in [0.717, 1.165) is 0 Å². The van der Waals surface area contributed by atoms with Crippen LogP contribution in [0.1, 0.15) is 46.5 Å². The number of aliphatic imine (C=N–C) groups is 1. The molecule has 12 N–H and O–H groups in total. The maximum atomic E-state index is 12.8. The summed E-state index contributed by atoms with van der Waals surface area (Å²) >= 11 is 0. The summed E-state index contributed by atoms with van der Waals surface area (Å²) in [4.78, 5) is 64.0. The summed E-state index contributed by atoms with van der Waals surface area (Å²) in [6, 6.07) is -4.41. The number of amides is 4. The van der Waals surface area contributed by atoms with E-state index in [0.29, 0.717) is 0 Å². The smallest absolute Gasteiger partial charge is 0.326 e. The van der Waals surface area contributed by atoms with Crippen molar-refractivity contribution in [1.29, 1.82) is 0 Å². The van der Waals surface area contributed by atoms with Crippen LogP contribution in [0.3, 0.4) is 0 Å². The number of guanidine groups is 1. The van der Waals surface area contributed by atoms with Gasteiger partial charge in [0.25, 0.3) is 0 Å². The van der Waals surface area contributed by atoms with Crippen LogP contribution >= 0.6 is 0 Å². The first-order chi connectivity index (χ1) is 15.3. The highest BCUT2D eigenvalue weighted by Gasteiger charge is 2.31. The van der Waals surface area contributed by atoms with Crippen molar-refractivity contribution in [3.63, 3.8) is 0 Å². The molecule has 0 aliphatic carbocycles. The second-order valence-corrected chi connectivity index (χ2v) is 7.93. The highest BCUT2D eigenvalue weighted by atomic mass is 16.4. The minimum Gasteiger partial charge on any atom is -0.480 e. The molecule has 14 nitrogen and oxygen atoms in total. The quantitative estimate of drug-likeness (QED) is 0.0678. The predicted octanol–water partition coefficient (Wildman–Crippen LogP) is -3.15. The zero-order valence-electron chi connectivity index (χ0n) is 19.2. The number of carbonyl (C=O) groups excluding carboxylic acids is 4. The molecule has 0 aromatic rings. The van der Waals surface area contributed by atoms with E-state index in [1.165, 1.54) is 6.92 Å². The van der Waals surface area contributed by atoms with Crippen LogP contribution in [-0.2, 0) is 24.0 Å². The standard InChI is InChI=1S/C19H36N8O6/c1-9(2)14(27-15(29)10(3)20)17(31)25-11(6-7-13(21)28)16(30)26-12(18(32)33)5-4-8-24-19(22)23/h9-12,14H,4-8,20H2,1-3H3,(H2,21,28)(H,25,31)(H,26,30)(H,27,29)(H,32,33)(H4,22,23,24). The molecular weight excluding hydrogens is 436 g/mol. The second-order valence-electron chi connectivity index (χ2n) is 7.93. The first-order valence-corrected chi connectivity index (χ1v) is 10.5. The normalized spacial score (nSPS) is 14.3. The Morgan fingerprint density at radius 2 is 1.42 bits per heavy atom. The van der Waals surface area contributed by atoms with Crippen molar-refractivity contribution in [3.8, 4) is 0 Å². The minimum absolute atomic E-state index is 0.0212. The Bertz CT molecular complexity index is 736. The molecule has 4 unspecified atom stereocenters. The van der Waals surface area contributed by atoms with Crippen LogP contribution in [0.25, 0.3) is 0 Å². The Balaban J connectivity index is 5.40. The number of nitrogens with two attached hydrogens (primary N) is 4. The fourth-order valence-electron chi connectivity index (χ4n) is 2.67. The monoisotopic (exact) mass is 472 g/mol. The first-order valence-electron chi connectivity index (χ1n) is 10.5. The van der Waals surface area contributed by atoms with Crippen LogP contribution in [0, 0.1) is 5.92 Å². The number of carboxylic acids is 1. The number of hydrogen-bond donors (Lipinski definition) is 8. The molecule has 0 fully saturated rings. The van der Waals surface area contributed by atoms with Crippen molar-refractivity contribution in [2.45, 2.75) is 70.6 Å². The number of rotatable bonds is 15. The number of primary amides is 1. The highest BCUT2D eigenvalue weighted by Crippen LogP contribution is 2.07. The zero-order chi connectivity index (χ0) is 25.7. The fraction of sp³-hybridized carbons (Fsp3) is 0.684. The molecule has 0 rings (SSSR count). The van der Waals surface area contributed by atoms with Crippen LogP contribution in [-0.4, -0.2) is 71.4 Å². The van der Waals surface area contributed by atoms with Gasteiger partial charge >= 0.3 is 5.97 Å². The molecule has 4 atom stereocenters. The van der Waals surface area contributed by atoms with Gasteiger partial charge in [-0.3, -0.25) is 24.2 Å². The second kappa shape index (κ2) is 14.6. The van der Waals surface area contributed by atoms with Crippen molar-refractivity contribution in [1.82, 2.24) is 16.0 Å². The van der Waals surface area contributed by atoms with Crippen LogP contribution in [0.4, 0.5) is 0 Å². The van der Waals surface area contributed by atoms with Gasteiger partial charge in [-0.05, 0) is 32.1 Å². The van der Waals surface area contributed by atoms with E-state index in [-0.39, 0.29) is 44.1 Å². The van der Waals surface area contributed by atoms with Gasteiger partial charge in [0, 0.05) is 13.0 Å². The van der Waals surface area contributed by atoms with Crippen molar-refractivity contribution in [2.24, 2.45) is 33.8 Å². The number of carbonyl (C=O) groups is 5. The zero-order valence-corrected chi connectivity index (χ0v) is 19.2. The lowest BCUT2D eigenvalue weighted by Gasteiger charge is -2.26. The molecule has 0 aromatic carbocycles. The molecule has 14 heteroatoms. The molecule has 0 aromatic heterocycles. The van der Waals surface area contributed by atoms with E-state index in [9.17, 15) is 29.1 Å². The van der Waals surface area contributed by atoms with Gasteiger partial charge in [-0.25, -0.2) is 4.79 Å². The molecule has 4 amide bonds. The number of carboxylic acid groups (broad SMARTS) is 1. The third kappa shape index (κ3) is 12.3. The molecular formula is C19H36N8O6. The van der Waals surface area contributed by atoms with E-state index < -0.39 is 53.8 Å². The summed E-state index contributed by atoms with van der Waals surface area (Å²) in [7, 11) is 0. The molecule has 188 valence electrons. The number of nitrogens with one attached hydrogen (secondary N) is 3. The third-order valence-corrected chi connectivity index (χ3v) is 4.53. The first kappa shape index (κ1) is 29.6. The van der Waals surface area contributed by atoms with E-state index >= 15 is 0 Å². The van der Waals surface area contributed by atoms with Gasteiger partial charge in [0.05, 0.1) is 6.04 Å². The van der Waals surface area contributed by atoms with Crippen molar-refractivity contribution in [3.05, 3.63) is 0 Å². The predicted molar refractivity (Wildman–Crippen MR) is 120 cm³/mol. The van der Waals surface area contributed by atoms with Crippen LogP contribution in [0.2, 0.25) is 0 Å². The molecule has 0 spiro atoms. The summed E-state index contributed by atoms with van der Waals surface area (Å²) in [6.07, 6.45) is -0.113. The average molecular weight is 473 g/mol. The summed E-state index contributed by atoms with van der Waals surface area (Å²) < 4.78 is 0. The minimum atomic E-state index is -1.29. The van der Waals surface area contributed by atoms with Gasteiger partial charge in [0.2, 0.25) is 23.6 Å². The maximum absolute atomic E-state index is 12.8. The largest absolute Gasteiger partial charge is 0.480 e.